The maximum Gasteiger partial charge on any atom is 0.255 e. The Hall–Kier alpha value is -3.56. The van der Waals surface area contributed by atoms with Gasteiger partial charge in [0, 0.05) is 11.3 Å². The van der Waals surface area contributed by atoms with Crippen molar-refractivity contribution in [2.45, 2.75) is 70.5 Å². The molecule has 1 aromatic heterocycles. The van der Waals surface area contributed by atoms with Crippen LogP contribution in [0, 0.1) is 20.8 Å². The largest absolute Gasteiger partial charge is 0.466 e. The normalized spacial score (nSPS) is 17.8. The van der Waals surface area contributed by atoms with Crippen LogP contribution in [0.2, 0.25) is 0 Å². The highest BCUT2D eigenvalue weighted by atomic mass is 32.2. The van der Waals surface area contributed by atoms with Crippen molar-refractivity contribution in [1.29, 1.82) is 0 Å². The van der Waals surface area contributed by atoms with E-state index in [1.807, 2.05) is 75.4 Å². The molecule has 1 fully saturated rings. The summed E-state index contributed by atoms with van der Waals surface area (Å²) in [5.41, 5.74) is 3.26. The number of benzene rings is 2. The summed E-state index contributed by atoms with van der Waals surface area (Å²) in [5, 5.41) is 17.3. The highest BCUT2D eigenvalue weighted by molar-refractivity contribution is 8.00. The number of amides is 3. The summed E-state index contributed by atoms with van der Waals surface area (Å²) in [6.45, 7) is 9.60. The maximum absolute atomic E-state index is 13.8. The van der Waals surface area contributed by atoms with Crippen molar-refractivity contribution in [2.75, 3.05) is 5.88 Å². The molecule has 1 aliphatic heterocycles. The monoisotopic (exact) mass is 563 g/mol. The van der Waals surface area contributed by atoms with Crippen molar-refractivity contribution in [1.82, 2.24) is 15.5 Å². The molecule has 0 bridgehead atoms. The average molecular weight is 564 g/mol. The Morgan fingerprint density at radius 2 is 1.75 bits per heavy atom. The number of furan rings is 1. The lowest BCUT2D eigenvalue weighted by molar-refractivity contribution is -0.147. The predicted molar refractivity (Wildman–Crippen MR) is 156 cm³/mol. The van der Waals surface area contributed by atoms with Crippen molar-refractivity contribution >= 4 is 29.5 Å². The van der Waals surface area contributed by atoms with Crippen molar-refractivity contribution in [2.24, 2.45) is 0 Å². The lowest BCUT2D eigenvalue weighted by Gasteiger charge is -2.33. The smallest absolute Gasteiger partial charge is 0.255 e. The summed E-state index contributed by atoms with van der Waals surface area (Å²) in [6.07, 6.45) is -1.34. The van der Waals surface area contributed by atoms with E-state index in [2.05, 4.69) is 10.6 Å². The number of nitrogens with one attached hydrogen (secondary N) is 2. The Labute approximate surface area is 239 Å². The Morgan fingerprint density at radius 3 is 2.40 bits per heavy atom. The summed E-state index contributed by atoms with van der Waals surface area (Å²) in [5.74, 6) is -0.0301. The van der Waals surface area contributed by atoms with E-state index in [4.69, 9.17) is 4.42 Å². The molecule has 4 rings (SSSR count). The number of nitrogens with zero attached hydrogens (tertiary/aromatic N) is 1. The molecule has 0 aliphatic carbocycles. The Kier molecular flexibility index (Phi) is 9.05. The second-order valence-corrected chi connectivity index (χ2v) is 12.4. The Bertz CT molecular complexity index is 1370. The van der Waals surface area contributed by atoms with Crippen molar-refractivity contribution in [3.63, 3.8) is 0 Å². The molecular weight excluding hydrogens is 526 g/mol. The van der Waals surface area contributed by atoms with Crippen molar-refractivity contribution < 1.29 is 23.9 Å². The van der Waals surface area contributed by atoms with E-state index in [1.54, 1.807) is 19.9 Å². The molecule has 212 valence electrons. The highest BCUT2D eigenvalue weighted by Gasteiger charge is 2.49. The zero-order valence-corrected chi connectivity index (χ0v) is 24.4. The minimum Gasteiger partial charge on any atom is -0.466 e. The number of aliphatic hydroxyl groups excluding tert-OH is 1. The number of aryl methyl sites for hydroxylation is 3. The van der Waals surface area contributed by atoms with Gasteiger partial charge in [-0.3, -0.25) is 14.4 Å². The van der Waals surface area contributed by atoms with Gasteiger partial charge in [0.15, 0.2) is 6.10 Å². The van der Waals surface area contributed by atoms with Crippen molar-refractivity contribution in [3.05, 3.63) is 94.4 Å². The SMILES string of the molecule is Cc1cc(C(=O)N[C@@H](Cc2ccccc2)[C@H](O)C(=O)N2CSC(C)(C)C2C(=O)NCc2ccccc2C)c(C)o1. The molecule has 1 saturated heterocycles. The molecule has 0 saturated carbocycles. The van der Waals surface area contributed by atoms with E-state index in [9.17, 15) is 19.5 Å². The molecule has 2 heterocycles. The van der Waals surface area contributed by atoms with Gasteiger partial charge in [-0.2, -0.15) is 0 Å². The first-order chi connectivity index (χ1) is 19.0. The molecule has 1 unspecified atom stereocenters. The lowest BCUT2D eigenvalue weighted by atomic mass is 9.96. The van der Waals surface area contributed by atoms with Crippen LogP contribution in [0.1, 0.15) is 52.4 Å². The van der Waals surface area contributed by atoms with Crippen LogP contribution >= 0.6 is 11.8 Å². The molecule has 8 nitrogen and oxygen atoms in total. The predicted octanol–water partition coefficient (Wildman–Crippen LogP) is 3.90. The summed E-state index contributed by atoms with van der Waals surface area (Å²) >= 11 is 1.48. The second-order valence-electron chi connectivity index (χ2n) is 10.8. The number of hydrogen-bond acceptors (Lipinski definition) is 6. The number of carbonyl (C=O) groups excluding carboxylic acids is 3. The minimum absolute atomic E-state index is 0.226. The summed E-state index contributed by atoms with van der Waals surface area (Å²) in [4.78, 5) is 41.9. The van der Waals surface area contributed by atoms with Gasteiger partial charge in [-0.15, -0.1) is 11.8 Å². The van der Waals surface area contributed by atoms with Gasteiger partial charge in [0.2, 0.25) is 5.91 Å². The zero-order chi connectivity index (χ0) is 29.0. The van der Waals surface area contributed by atoms with Gasteiger partial charge in [0.1, 0.15) is 17.6 Å². The molecule has 9 heteroatoms. The molecule has 2 aromatic carbocycles. The topological polar surface area (TPSA) is 112 Å². The van der Waals surface area contributed by atoms with E-state index >= 15 is 0 Å². The first-order valence-corrected chi connectivity index (χ1v) is 14.3. The average Bonchev–Trinajstić information content (AvgIpc) is 3.44. The van der Waals surface area contributed by atoms with E-state index in [0.29, 0.717) is 23.6 Å². The molecule has 3 aromatic rings. The second kappa shape index (κ2) is 12.3. The van der Waals surface area contributed by atoms with Crippen LogP contribution in [-0.2, 0) is 22.6 Å². The number of thioether (sulfide) groups is 1. The highest BCUT2D eigenvalue weighted by Crippen LogP contribution is 2.40. The van der Waals surface area contributed by atoms with Crippen LogP contribution < -0.4 is 10.6 Å². The molecule has 0 spiro atoms. The molecule has 3 N–H and O–H groups in total. The molecule has 1 aliphatic rings. The van der Waals surface area contributed by atoms with Gasteiger partial charge in [-0.05, 0) is 63.8 Å². The Balaban J connectivity index is 1.55. The third kappa shape index (κ3) is 6.59. The van der Waals surface area contributed by atoms with Crippen LogP contribution in [0.5, 0.6) is 0 Å². The molecule has 3 atom stereocenters. The van der Waals surface area contributed by atoms with Gasteiger partial charge in [-0.1, -0.05) is 54.6 Å². The van der Waals surface area contributed by atoms with Crippen LogP contribution in [0.4, 0.5) is 0 Å². The maximum atomic E-state index is 13.8. The first-order valence-electron chi connectivity index (χ1n) is 13.3. The van der Waals surface area contributed by atoms with Gasteiger partial charge >= 0.3 is 0 Å². The third-order valence-electron chi connectivity index (χ3n) is 7.33. The zero-order valence-electron chi connectivity index (χ0n) is 23.6. The summed E-state index contributed by atoms with van der Waals surface area (Å²) in [6, 6.07) is 17.1. The van der Waals surface area contributed by atoms with Gasteiger partial charge in [0.25, 0.3) is 11.8 Å². The standard InChI is InChI=1S/C31H37N3O5S/c1-19-11-9-10-14-23(19)17-32-29(37)27-31(4,5)40-18-34(27)30(38)26(35)25(16-22-12-7-6-8-13-22)33-28(36)24-15-20(2)39-21(24)3/h6-15,25-27,35H,16-18H2,1-5H3,(H,32,37)(H,33,36)/t25-,26-,27?/m0/s1. The lowest BCUT2D eigenvalue weighted by Crippen LogP contribution is -2.58. The molecular formula is C31H37N3O5S. The summed E-state index contributed by atoms with van der Waals surface area (Å²) in [7, 11) is 0. The van der Waals surface area contributed by atoms with Crippen LogP contribution in [0.25, 0.3) is 0 Å². The fourth-order valence-electron chi connectivity index (χ4n) is 5.05. The van der Waals surface area contributed by atoms with E-state index < -0.39 is 34.7 Å². The van der Waals surface area contributed by atoms with Gasteiger partial charge < -0.3 is 25.1 Å². The van der Waals surface area contributed by atoms with Crippen LogP contribution in [0.3, 0.4) is 0 Å². The van der Waals surface area contributed by atoms with E-state index in [0.717, 1.165) is 16.7 Å². The molecule has 0 radical (unpaired) electrons. The quantitative estimate of drug-likeness (QED) is 0.364. The number of carbonyl (C=O) groups is 3. The van der Waals surface area contributed by atoms with Crippen molar-refractivity contribution in [3.8, 4) is 0 Å². The molecule has 40 heavy (non-hydrogen) atoms. The number of hydrogen-bond donors (Lipinski definition) is 3. The van der Waals surface area contributed by atoms with E-state index in [-0.39, 0.29) is 18.2 Å². The number of rotatable bonds is 9. The van der Waals surface area contributed by atoms with Crippen LogP contribution in [0.15, 0.2) is 65.1 Å². The first kappa shape index (κ1) is 29.4. The van der Waals surface area contributed by atoms with Crippen LogP contribution in [-0.4, -0.2) is 56.5 Å². The Morgan fingerprint density at radius 1 is 1.07 bits per heavy atom. The van der Waals surface area contributed by atoms with Gasteiger partial charge in [-0.25, -0.2) is 0 Å². The van der Waals surface area contributed by atoms with Gasteiger partial charge in [0.05, 0.1) is 17.5 Å². The fraction of sp³-hybridized carbons (Fsp3) is 0.387. The fourth-order valence-corrected chi connectivity index (χ4v) is 6.19. The number of aliphatic hydroxyl groups is 1. The molecule has 3 amide bonds. The summed E-state index contributed by atoms with van der Waals surface area (Å²) < 4.78 is 4.93. The minimum atomic E-state index is -1.57. The third-order valence-corrected chi connectivity index (χ3v) is 8.70. The van der Waals surface area contributed by atoms with E-state index in [1.165, 1.54) is 16.7 Å².